The van der Waals surface area contributed by atoms with Gasteiger partial charge in [-0.05, 0) is 32.4 Å². The van der Waals surface area contributed by atoms with Crippen molar-refractivity contribution in [3.8, 4) is 11.5 Å². The molecule has 0 radical (unpaired) electrons. The highest BCUT2D eigenvalue weighted by atomic mass is 35.5. The molecule has 1 atom stereocenters. The van der Waals surface area contributed by atoms with Crippen molar-refractivity contribution in [3.63, 3.8) is 0 Å². The third kappa shape index (κ3) is 4.11. The molecule has 32 heavy (non-hydrogen) atoms. The molecular formula is C25H24ClO5P. The Labute approximate surface area is 193 Å². The second-order valence-corrected chi connectivity index (χ2v) is 9.37. The van der Waals surface area contributed by atoms with Gasteiger partial charge >= 0.3 is 0 Å². The van der Waals surface area contributed by atoms with Crippen molar-refractivity contribution < 1.29 is 23.6 Å². The number of carbonyl (C=O) groups is 2. The highest BCUT2D eigenvalue weighted by Gasteiger charge is 2.32. The Bertz CT molecular complexity index is 1180. The van der Waals surface area contributed by atoms with E-state index in [1.807, 2.05) is 6.07 Å². The Kier molecular flexibility index (Phi) is 7.22. The topological polar surface area (TPSA) is 69.7 Å². The molecule has 0 aliphatic carbocycles. The van der Waals surface area contributed by atoms with Crippen LogP contribution in [0.15, 0.2) is 48.5 Å². The molecule has 5 nitrogen and oxygen atoms in total. The summed E-state index contributed by atoms with van der Waals surface area (Å²) in [7, 11) is -0.281. The van der Waals surface area contributed by atoms with E-state index in [1.54, 1.807) is 63.2 Å². The first-order valence-corrected chi connectivity index (χ1v) is 11.7. The van der Waals surface area contributed by atoms with Crippen LogP contribution in [-0.4, -0.2) is 25.5 Å². The summed E-state index contributed by atoms with van der Waals surface area (Å²) < 4.78 is 24.7. The van der Waals surface area contributed by atoms with Crippen LogP contribution < -0.4 is 14.8 Å². The lowest BCUT2D eigenvalue weighted by Gasteiger charge is -2.21. The number of ketones is 1. The van der Waals surface area contributed by atoms with Crippen LogP contribution in [0.4, 0.5) is 0 Å². The predicted molar refractivity (Wildman–Crippen MR) is 128 cm³/mol. The predicted octanol–water partition coefficient (Wildman–Crippen LogP) is 5.54. The highest BCUT2D eigenvalue weighted by Crippen LogP contribution is 2.42. The number of ether oxygens (including phenoxy) is 2. The maximum Gasteiger partial charge on any atom is 0.224 e. The Morgan fingerprint density at radius 3 is 1.88 bits per heavy atom. The first kappa shape index (κ1) is 23.8. The summed E-state index contributed by atoms with van der Waals surface area (Å²) >= 11 is 6.25. The highest BCUT2D eigenvalue weighted by molar-refractivity contribution is 7.72. The molecular weight excluding hydrogens is 447 g/mol. The number of hydrogen-bond donors (Lipinski definition) is 0. The lowest BCUT2D eigenvalue weighted by molar-refractivity contribution is 0.103. The molecule has 3 aromatic carbocycles. The summed E-state index contributed by atoms with van der Waals surface area (Å²) in [6, 6.07) is 13.9. The lowest BCUT2D eigenvalue weighted by Crippen LogP contribution is -2.18. The zero-order chi connectivity index (χ0) is 23.6. The van der Waals surface area contributed by atoms with Crippen molar-refractivity contribution in [2.75, 3.05) is 14.2 Å². The Hall–Kier alpha value is -2.88. The van der Waals surface area contributed by atoms with Gasteiger partial charge in [-0.1, -0.05) is 54.1 Å². The van der Waals surface area contributed by atoms with Crippen molar-refractivity contribution in [2.45, 2.75) is 20.8 Å². The van der Waals surface area contributed by atoms with Crippen molar-refractivity contribution in [1.29, 1.82) is 0 Å². The molecule has 0 N–H and O–H groups in total. The summed E-state index contributed by atoms with van der Waals surface area (Å²) in [6.07, 6.45) is 0. The molecule has 0 spiro atoms. The van der Waals surface area contributed by atoms with E-state index in [0.29, 0.717) is 27.8 Å². The van der Waals surface area contributed by atoms with Gasteiger partial charge in [-0.3, -0.25) is 9.59 Å². The smallest absolute Gasteiger partial charge is 0.224 e. The van der Waals surface area contributed by atoms with Gasteiger partial charge in [0.2, 0.25) is 5.52 Å². The van der Waals surface area contributed by atoms with Gasteiger partial charge < -0.3 is 14.0 Å². The number of methoxy groups -OCH3 is 2. The molecule has 0 saturated carbocycles. The number of halogens is 1. The Balaban J connectivity index is 2.25. The van der Waals surface area contributed by atoms with Crippen molar-refractivity contribution in [2.24, 2.45) is 0 Å². The molecule has 166 valence electrons. The molecule has 0 aromatic heterocycles. The van der Waals surface area contributed by atoms with Gasteiger partial charge in [-0.2, -0.15) is 0 Å². The van der Waals surface area contributed by atoms with Crippen LogP contribution in [-0.2, 0) is 4.57 Å². The molecule has 1 unspecified atom stereocenters. The zero-order valence-electron chi connectivity index (χ0n) is 18.5. The minimum Gasteiger partial charge on any atom is -0.496 e. The molecule has 0 saturated heterocycles. The second-order valence-electron chi connectivity index (χ2n) is 7.35. The third-order valence-electron chi connectivity index (χ3n) is 5.44. The molecule has 3 aromatic rings. The first-order chi connectivity index (χ1) is 15.2. The number of carbonyl (C=O) groups excluding carboxylic acids is 2. The van der Waals surface area contributed by atoms with Crippen LogP contribution in [0.3, 0.4) is 0 Å². The van der Waals surface area contributed by atoms with E-state index in [0.717, 1.165) is 0 Å². The maximum atomic E-state index is 13.6. The molecule has 7 heteroatoms. The molecule has 3 rings (SSSR count). The molecule has 0 aliphatic heterocycles. The van der Waals surface area contributed by atoms with Gasteiger partial charge in [-0.15, -0.1) is 0 Å². The van der Waals surface area contributed by atoms with Gasteiger partial charge in [0.05, 0.1) is 19.2 Å². The lowest BCUT2D eigenvalue weighted by atomic mass is 9.93. The van der Waals surface area contributed by atoms with Crippen molar-refractivity contribution >= 4 is 36.0 Å². The number of aryl methyl sites for hydroxylation is 1. The number of rotatable bonds is 7. The van der Waals surface area contributed by atoms with Gasteiger partial charge in [-0.25, -0.2) is 0 Å². The fourth-order valence-corrected chi connectivity index (χ4v) is 6.09. The fraction of sp³-hybridized carbons (Fsp3) is 0.200. The molecule has 0 fully saturated rings. The average Bonchev–Trinajstić information content (AvgIpc) is 2.78. The standard InChI is InChI=1S/C25H24ClO5P/c1-14-10-9-13-18(26)19(14)25(28)32(29)24-22(30-4)15(2)20(16(3)23(24)31-5)21(27)17-11-7-6-8-12-17/h6-13,32H,1-5H3. The monoisotopic (exact) mass is 470 g/mol. The summed E-state index contributed by atoms with van der Waals surface area (Å²) in [5, 5.41) is 0.388. The van der Waals surface area contributed by atoms with Gasteiger partial charge in [0, 0.05) is 27.8 Å². The molecule has 0 amide bonds. The number of benzene rings is 3. The van der Waals surface area contributed by atoms with Gasteiger partial charge in [0.25, 0.3) is 0 Å². The Morgan fingerprint density at radius 2 is 1.38 bits per heavy atom. The van der Waals surface area contributed by atoms with Crippen LogP contribution in [0.5, 0.6) is 11.5 Å². The van der Waals surface area contributed by atoms with E-state index >= 15 is 0 Å². The van der Waals surface area contributed by atoms with Crippen LogP contribution in [0.1, 0.15) is 43.0 Å². The SMILES string of the molecule is COc1c(C)c(C(=O)c2ccccc2)c(C)c(OC)c1[PH](=O)C(=O)c1c(C)cccc1Cl. The van der Waals surface area contributed by atoms with Gasteiger partial charge in [0.15, 0.2) is 13.6 Å². The quantitative estimate of drug-likeness (QED) is 0.335. The van der Waals surface area contributed by atoms with E-state index in [-0.39, 0.29) is 33.2 Å². The average molecular weight is 471 g/mol. The number of hydrogen-bond acceptors (Lipinski definition) is 5. The third-order valence-corrected chi connectivity index (χ3v) is 7.32. The summed E-state index contributed by atoms with van der Waals surface area (Å²) in [4.78, 5) is 26.5. The molecule has 0 bridgehead atoms. The van der Waals surface area contributed by atoms with E-state index in [9.17, 15) is 14.2 Å². The van der Waals surface area contributed by atoms with Crippen LogP contribution >= 0.6 is 19.4 Å². The summed E-state index contributed by atoms with van der Waals surface area (Å²) in [5.41, 5.74) is 2.14. The van der Waals surface area contributed by atoms with E-state index in [1.165, 1.54) is 14.2 Å². The zero-order valence-corrected chi connectivity index (χ0v) is 20.3. The van der Waals surface area contributed by atoms with Crippen LogP contribution in [0, 0.1) is 20.8 Å². The largest absolute Gasteiger partial charge is 0.496 e. The molecule has 0 heterocycles. The van der Waals surface area contributed by atoms with Crippen molar-refractivity contribution in [3.05, 3.63) is 86.9 Å². The van der Waals surface area contributed by atoms with E-state index in [2.05, 4.69) is 0 Å². The minimum absolute atomic E-state index is 0.156. The molecule has 0 aliphatic rings. The summed E-state index contributed by atoms with van der Waals surface area (Å²) in [6.45, 7) is 5.16. The fourth-order valence-electron chi connectivity index (χ4n) is 3.92. The maximum absolute atomic E-state index is 13.6. The Morgan fingerprint density at radius 1 is 0.812 bits per heavy atom. The normalized spacial score (nSPS) is 11.7. The minimum atomic E-state index is -3.11. The van der Waals surface area contributed by atoms with E-state index < -0.39 is 13.3 Å². The van der Waals surface area contributed by atoms with E-state index in [4.69, 9.17) is 21.1 Å². The van der Waals surface area contributed by atoms with Crippen LogP contribution in [0.2, 0.25) is 5.02 Å². The van der Waals surface area contributed by atoms with Crippen molar-refractivity contribution in [1.82, 2.24) is 0 Å². The van der Waals surface area contributed by atoms with Gasteiger partial charge in [0.1, 0.15) is 16.8 Å². The summed E-state index contributed by atoms with van der Waals surface area (Å²) in [5.74, 6) is 0.194. The van der Waals surface area contributed by atoms with Crippen LogP contribution in [0.25, 0.3) is 0 Å². The first-order valence-electron chi connectivity index (χ1n) is 9.93. The second kappa shape index (κ2) is 9.72.